The molecule has 1 aromatic carbocycles. The molecule has 0 saturated carbocycles. The molecule has 7 N–H and O–H groups in total. The second-order valence-corrected chi connectivity index (χ2v) is 6.18. The largest absolute Gasteiger partial charge is 0.508 e. The Morgan fingerprint density at radius 2 is 1.59 bits per heavy atom. The molecule has 158 valence electrons. The highest BCUT2D eigenvalue weighted by atomic mass is 16.4. The van der Waals surface area contributed by atoms with Crippen LogP contribution in [-0.2, 0) is 30.4 Å². The number of hydrogen-bond acceptors (Lipinski definition) is 6. The van der Waals surface area contributed by atoms with Crippen molar-refractivity contribution >= 4 is 29.6 Å². The third kappa shape index (κ3) is 10.3. The van der Waals surface area contributed by atoms with Gasteiger partial charge in [0.2, 0.25) is 23.6 Å². The molecule has 0 aromatic heterocycles. The van der Waals surface area contributed by atoms with Gasteiger partial charge >= 0.3 is 5.97 Å². The van der Waals surface area contributed by atoms with Crippen LogP contribution in [0.4, 0.5) is 0 Å². The quantitative estimate of drug-likeness (QED) is 0.240. The molecule has 0 saturated heterocycles. The van der Waals surface area contributed by atoms with Crippen molar-refractivity contribution in [2.75, 3.05) is 13.1 Å². The van der Waals surface area contributed by atoms with E-state index in [2.05, 4.69) is 16.0 Å². The molecule has 0 aliphatic carbocycles. The molecule has 0 aliphatic rings. The van der Waals surface area contributed by atoms with Crippen LogP contribution in [-0.4, -0.2) is 58.9 Å². The minimum absolute atomic E-state index is 0.110. The third-order valence-electron chi connectivity index (χ3n) is 3.77. The molecular formula is C18H24N4O7. The van der Waals surface area contributed by atoms with Crippen LogP contribution in [0.5, 0.6) is 5.75 Å². The van der Waals surface area contributed by atoms with Crippen molar-refractivity contribution in [3.8, 4) is 5.75 Å². The van der Waals surface area contributed by atoms with E-state index in [1.807, 2.05) is 0 Å². The number of aryl methyl sites for hydroxylation is 1. The smallest absolute Gasteiger partial charge is 0.322 e. The van der Waals surface area contributed by atoms with Crippen molar-refractivity contribution in [1.82, 2.24) is 16.0 Å². The summed E-state index contributed by atoms with van der Waals surface area (Å²) in [4.78, 5) is 57.3. The Labute approximate surface area is 166 Å². The number of carbonyl (C=O) groups is 5. The summed E-state index contributed by atoms with van der Waals surface area (Å²) in [6.07, 6.45) is 0.223. The molecule has 0 radical (unpaired) electrons. The number of nitrogens with two attached hydrogens (primary N) is 1. The maximum absolute atomic E-state index is 12.0. The number of primary amides is 1. The highest BCUT2D eigenvalue weighted by molar-refractivity contribution is 5.91. The Bertz CT molecular complexity index is 749. The summed E-state index contributed by atoms with van der Waals surface area (Å²) >= 11 is 0. The normalized spacial score (nSPS) is 11.2. The molecule has 0 bridgehead atoms. The summed E-state index contributed by atoms with van der Waals surface area (Å²) in [6.45, 7) is -1.04. The number of rotatable bonds is 12. The van der Waals surface area contributed by atoms with E-state index in [4.69, 9.17) is 10.8 Å². The second kappa shape index (κ2) is 12.0. The lowest BCUT2D eigenvalue weighted by Gasteiger charge is -2.17. The van der Waals surface area contributed by atoms with Crippen LogP contribution >= 0.6 is 0 Å². The Kier molecular flexibility index (Phi) is 9.65. The van der Waals surface area contributed by atoms with Gasteiger partial charge in [0.25, 0.3) is 0 Å². The van der Waals surface area contributed by atoms with Crippen LogP contribution < -0.4 is 21.7 Å². The number of hydrogen-bond donors (Lipinski definition) is 6. The Morgan fingerprint density at radius 1 is 0.931 bits per heavy atom. The predicted octanol–water partition coefficient (Wildman–Crippen LogP) is -1.61. The first-order valence-electron chi connectivity index (χ1n) is 8.79. The first-order valence-corrected chi connectivity index (χ1v) is 8.79. The Morgan fingerprint density at radius 3 is 2.17 bits per heavy atom. The minimum atomic E-state index is -1.26. The SMILES string of the molecule is NC(=O)CCC(NC(=O)CNC(=O)CCc1ccc(O)cc1)C(=O)NCC(=O)O. The Balaban J connectivity index is 2.45. The lowest BCUT2D eigenvalue weighted by atomic mass is 10.1. The van der Waals surface area contributed by atoms with Gasteiger partial charge in [-0.15, -0.1) is 0 Å². The number of nitrogens with one attached hydrogen (secondary N) is 3. The van der Waals surface area contributed by atoms with E-state index in [-0.39, 0.29) is 25.0 Å². The fourth-order valence-electron chi connectivity index (χ4n) is 2.27. The summed E-state index contributed by atoms with van der Waals surface area (Å²) in [7, 11) is 0. The monoisotopic (exact) mass is 408 g/mol. The van der Waals surface area contributed by atoms with E-state index in [0.717, 1.165) is 5.56 Å². The van der Waals surface area contributed by atoms with Gasteiger partial charge < -0.3 is 31.9 Å². The van der Waals surface area contributed by atoms with Crippen LogP contribution in [0.2, 0.25) is 0 Å². The number of carbonyl (C=O) groups excluding carboxylic acids is 4. The molecule has 0 heterocycles. The maximum atomic E-state index is 12.0. The van der Waals surface area contributed by atoms with E-state index >= 15 is 0 Å². The highest BCUT2D eigenvalue weighted by Gasteiger charge is 2.22. The first-order chi connectivity index (χ1) is 13.7. The summed E-state index contributed by atoms with van der Waals surface area (Å²) < 4.78 is 0. The van der Waals surface area contributed by atoms with Crippen LogP contribution in [0, 0.1) is 0 Å². The molecule has 1 aromatic rings. The topological polar surface area (TPSA) is 188 Å². The van der Waals surface area contributed by atoms with Crippen molar-refractivity contribution in [3.63, 3.8) is 0 Å². The van der Waals surface area contributed by atoms with Gasteiger partial charge in [-0.1, -0.05) is 12.1 Å². The predicted molar refractivity (Wildman–Crippen MR) is 100 cm³/mol. The van der Waals surface area contributed by atoms with Crippen LogP contribution in [0.3, 0.4) is 0 Å². The van der Waals surface area contributed by atoms with E-state index in [9.17, 15) is 29.1 Å². The molecule has 1 atom stereocenters. The number of phenols is 1. The number of aliphatic carboxylic acids is 1. The third-order valence-corrected chi connectivity index (χ3v) is 3.77. The van der Waals surface area contributed by atoms with Crippen molar-refractivity contribution < 1.29 is 34.2 Å². The van der Waals surface area contributed by atoms with E-state index in [1.54, 1.807) is 12.1 Å². The lowest BCUT2D eigenvalue weighted by Crippen LogP contribution is -2.50. The number of carboxylic acids is 1. The van der Waals surface area contributed by atoms with Gasteiger partial charge in [-0.3, -0.25) is 24.0 Å². The van der Waals surface area contributed by atoms with Crippen LogP contribution in [0.25, 0.3) is 0 Å². The van der Waals surface area contributed by atoms with Gasteiger partial charge in [0.1, 0.15) is 18.3 Å². The maximum Gasteiger partial charge on any atom is 0.322 e. The van der Waals surface area contributed by atoms with Crippen LogP contribution in [0.15, 0.2) is 24.3 Å². The second-order valence-electron chi connectivity index (χ2n) is 6.18. The van der Waals surface area contributed by atoms with E-state index in [1.165, 1.54) is 12.1 Å². The summed E-state index contributed by atoms with van der Waals surface area (Å²) in [5.74, 6) is -3.67. The number of aromatic hydroxyl groups is 1. The molecule has 0 fully saturated rings. The van der Waals surface area contributed by atoms with Crippen LogP contribution in [0.1, 0.15) is 24.8 Å². The number of carboxylic acid groups (broad SMARTS) is 1. The van der Waals surface area contributed by atoms with Crippen molar-refractivity contribution in [1.29, 1.82) is 0 Å². The van der Waals surface area contributed by atoms with Crippen molar-refractivity contribution in [2.24, 2.45) is 5.73 Å². The molecule has 1 unspecified atom stereocenters. The molecule has 11 heteroatoms. The van der Waals surface area contributed by atoms with E-state index in [0.29, 0.717) is 6.42 Å². The number of phenolic OH excluding ortho intramolecular Hbond substituents is 1. The average Bonchev–Trinajstić information content (AvgIpc) is 2.67. The number of amides is 4. The van der Waals surface area contributed by atoms with Gasteiger partial charge in [0.05, 0.1) is 6.54 Å². The van der Waals surface area contributed by atoms with Gasteiger partial charge in [0, 0.05) is 12.8 Å². The lowest BCUT2D eigenvalue weighted by molar-refractivity contribution is -0.138. The summed E-state index contributed by atoms with van der Waals surface area (Å²) in [5, 5.41) is 24.7. The highest BCUT2D eigenvalue weighted by Crippen LogP contribution is 2.10. The zero-order valence-electron chi connectivity index (χ0n) is 15.6. The van der Waals surface area contributed by atoms with E-state index < -0.39 is 48.7 Å². The first kappa shape index (κ1) is 23.4. The minimum Gasteiger partial charge on any atom is -0.508 e. The standard InChI is InChI=1S/C18H24N4O7/c19-14(24)7-6-13(18(29)21-10-17(27)28)22-16(26)9-20-15(25)8-3-11-1-4-12(23)5-2-11/h1-2,4-5,13,23H,3,6-10H2,(H2,19,24)(H,20,25)(H,21,29)(H,22,26)(H,27,28). The number of benzene rings is 1. The fourth-order valence-corrected chi connectivity index (χ4v) is 2.27. The molecule has 4 amide bonds. The summed E-state index contributed by atoms with van der Waals surface area (Å²) in [5.41, 5.74) is 5.87. The zero-order valence-corrected chi connectivity index (χ0v) is 15.6. The Hall–Kier alpha value is -3.63. The molecule has 29 heavy (non-hydrogen) atoms. The van der Waals surface area contributed by atoms with Gasteiger partial charge in [-0.25, -0.2) is 0 Å². The van der Waals surface area contributed by atoms with Crippen molar-refractivity contribution in [3.05, 3.63) is 29.8 Å². The molecule has 11 nitrogen and oxygen atoms in total. The van der Waals surface area contributed by atoms with Gasteiger partial charge in [-0.05, 0) is 30.5 Å². The molecule has 1 rings (SSSR count). The van der Waals surface area contributed by atoms with Gasteiger partial charge in [-0.2, -0.15) is 0 Å². The molecule has 0 aliphatic heterocycles. The molecule has 0 spiro atoms. The van der Waals surface area contributed by atoms with Gasteiger partial charge in [0.15, 0.2) is 0 Å². The van der Waals surface area contributed by atoms with Crippen molar-refractivity contribution in [2.45, 2.75) is 31.7 Å². The fraction of sp³-hybridized carbons (Fsp3) is 0.389. The summed E-state index contributed by atoms with van der Waals surface area (Å²) in [6, 6.07) is 5.19. The zero-order chi connectivity index (χ0) is 21.8. The average molecular weight is 408 g/mol. The molecular weight excluding hydrogens is 384 g/mol.